The SMILES string of the molecule is O=[N+]([O-])c1cc([N+](=O)[O-])c(Nc2ccc3ccccc3c2)c([N+](=O)[O-])c1. The van der Waals surface area contributed by atoms with Gasteiger partial charge in [0.15, 0.2) is 5.69 Å². The van der Waals surface area contributed by atoms with Gasteiger partial charge in [-0.15, -0.1) is 0 Å². The topological polar surface area (TPSA) is 141 Å². The summed E-state index contributed by atoms with van der Waals surface area (Å²) in [7, 11) is 0. The average molecular weight is 354 g/mol. The number of nitro groups is 3. The summed E-state index contributed by atoms with van der Waals surface area (Å²) < 4.78 is 0. The molecule has 0 spiro atoms. The molecule has 1 N–H and O–H groups in total. The third kappa shape index (κ3) is 3.11. The predicted octanol–water partition coefficient (Wildman–Crippen LogP) is 4.31. The van der Waals surface area contributed by atoms with Crippen molar-refractivity contribution in [3.8, 4) is 0 Å². The number of hydrogen-bond acceptors (Lipinski definition) is 7. The molecule has 0 saturated carbocycles. The molecule has 26 heavy (non-hydrogen) atoms. The van der Waals surface area contributed by atoms with E-state index >= 15 is 0 Å². The second-order valence-electron chi connectivity index (χ2n) is 5.32. The van der Waals surface area contributed by atoms with Crippen molar-refractivity contribution in [3.05, 3.63) is 84.9 Å². The number of benzene rings is 3. The first kappa shape index (κ1) is 16.8. The fraction of sp³-hybridized carbons (Fsp3) is 0. The molecule has 0 saturated heterocycles. The van der Waals surface area contributed by atoms with Crippen molar-refractivity contribution in [3.63, 3.8) is 0 Å². The maximum atomic E-state index is 11.3. The monoisotopic (exact) mass is 354 g/mol. The van der Waals surface area contributed by atoms with Crippen LogP contribution in [0.2, 0.25) is 0 Å². The summed E-state index contributed by atoms with van der Waals surface area (Å²) in [5, 5.41) is 37.9. The lowest BCUT2D eigenvalue weighted by Gasteiger charge is -2.09. The zero-order valence-corrected chi connectivity index (χ0v) is 13.0. The van der Waals surface area contributed by atoms with Gasteiger partial charge in [0, 0.05) is 5.69 Å². The Morgan fingerprint density at radius 2 is 1.27 bits per heavy atom. The van der Waals surface area contributed by atoms with Crippen molar-refractivity contribution >= 4 is 39.2 Å². The quantitative estimate of drug-likeness (QED) is 0.531. The molecule has 0 aliphatic carbocycles. The van der Waals surface area contributed by atoms with Crippen LogP contribution in [0.3, 0.4) is 0 Å². The van der Waals surface area contributed by atoms with Gasteiger partial charge in [-0.3, -0.25) is 30.3 Å². The minimum atomic E-state index is -0.917. The van der Waals surface area contributed by atoms with Crippen LogP contribution in [-0.4, -0.2) is 14.8 Å². The van der Waals surface area contributed by atoms with Crippen LogP contribution in [0, 0.1) is 30.3 Å². The van der Waals surface area contributed by atoms with Gasteiger partial charge < -0.3 is 5.32 Å². The molecule has 3 aromatic carbocycles. The van der Waals surface area contributed by atoms with Gasteiger partial charge in [-0.05, 0) is 22.9 Å². The van der Waals surface area contributed by atoms with Gasteiger partial charge in [0.2, 0.25) is 0 Å². The van der Waals surface area contributed by atoms with E-state index in [4.69, 9.17) is 0 Å². The number of rotatable bonds is 5. The van der Waals surface area contributed by atoms with Crippen LogP contribution in [0.1, 0.15) is 0 Å². The fourth-order valence-corrected chi connectivity index (χ4v) is 2.53. The van der Waals surface area contributed by atoms with Crippen LogP contribution in [0.4, 0.5) is 28.4 Å². The van der Waals surface area contributed by atoms with Gasteiger partial charge >= 0.3 is 11.4 Å². The molecule has 10 nitrogen and oxygen atoms in total. The first-order valence-electron chi connectivity index (χ1n) is 7.24. The third-order valence-corrected chi connectivity index (χ3v) is 3.70. The van der Waals surface area contributed by atoms with Gasteiger partial charge in [0.25, 0.3) is 5.69 Å². The summed E-state index contributed by atoms with van der Waals surface area (Å²) in [6, 6.07) is 13.8. The Labute approximate surface area is 145 Å². The van der Waals surface area contributed by atoms with Crippen LogP contribution >= 0.6 is 0 Å². The zero-order valence-electron chi connectivity index (χ0n) is 13.0. The summed E-state index contributed by atoms with van der Waals surface area (Å²) in [5.41, 5.74) is -2.27. The second-order valence-corrected chi connectivity index (χ2v) is 5.32. The van der Waals surface area contributed by atoms with Crippen molar-refractivity contribution in [2.45, 2.75) is 0 Å². The molecular weight excluding hydrogens is 344 g/mol. The number of nitrogens with zero attached hydrogens (tertiary/aromatic N) is 3. The van der Waals surface area contributed by atoms with Gasteiger partial charge in [0.1, 0.15) is 0 Å². The maximum Gasteiger partial charge on any atom is 0.306 e. The first-order valence-corrected chi connectivity index (χ1v) is 7.24. The highest BCUT2D eigenvalue weighted by Crippen LogP contribution is 2.40. The lowest BCUT2D eigenvalue weighted by atomic mass is 10.1. The smallest absolute Gasteiger partial charge is 0.306 e. The summed E-state index contributed by atoms with van der Waals surface area (Å²) in [4.78, 5) is 30.8. The van der Waals surface area contributed by atoms with Crippen LogP contribution < -0.4 is 5.32 Å². The molecule has 3 rings (SSSR count). The molecule has 0 fully saturated rings. The van der Waals surface area contributed by atoms with Gasteiger partial charge in [-0.25, -0.2) is 0 Å². The van der Waals surface area contributed by atoms with E-state index in [2.05, 4.69) is 5.32 Å². The summed E-state index contributed by atoms with van der Waals surface area (Å²) in [5.74, 6) is 0. The average Bonchev–Trinajstić information content (AvgIpc) is 2.61. The lowest BCUT2D eigenvalue weighted by Crippen LogP contribution is -2.03. The van der Waals surface area contributed by atoms with Gasteiger partial charge in [-0.2, -0.15) is 0 Å². The van der Waals surface area contributed by atoms with Crippen molar-refractivity contribution in [1.82, 2.24) is 0 Å². The summed E-state index contributed by atoms with van der Waals surface area (Å²) in [6.45, 7) is 0. The van der Waals surface area contributed by atoms with E-state index in [0.29, 0.717) is 17.8 Å². The number of hydrogen-bond donors (Lipinski definition) is 1. The molecule has 0 amide bonds. The molecule has 0 aliphatic rings. The Morgan fingerprint density at radius 3 is 1.81 bits per heavy atom. The molecule has 130 valence electrons. The van der Waals surface area contributed by atoms with Crippen LogP contribution in [0.15, 0.2) is 54.6 Å². The van der Waals surface area contributed by atoms with Crippen molar-refractivity contribution in [1.29, 1.82) is 0 Å². The maximum absolute atomic E-state index is 11.3. The highest BCUT2D eigenvalue weighted by Gasteiger charge is 2.30. The Kier molecular flexibility index (Phi) is 4.15. The van der Waals surface area contributed by atoms with Crippen molar-refractivity contribution in [2.24, 2.45) is 0 Å². The third-order valence-electron chi connectivity index (χ3n) is 3.70. The van der Waals surface area contributed by atoms with E-state index in [0.717, 1.165) is 10.8 Å². The van der Waals surface area contributed by atoms with E-state index in [1.165, 1.54) is 0 Å². The standard InChI is InChI=1S/C16H10N4O6/c21-18(22)13-8-14(19(23)24)16(15(9-13)20(25)26)17-12-6-5-10-3-1-2-4-11(10)7-12/h1-9,17H. The Morgan fingerprint density at radius 1 is 0.692 bits per heavy atom. The molecule has 10 heteroatoms. The molecule has 0 heterocycles. The van der Waals surface area contributed by atoms with E-state index < -0.39 is 37.5 Å². The Balaban J connectivity index is 2.16. The highest BCUT2D eigenvalue weighted by molar-refractivity contribution is 5.88. The fourth-order valence-electron chi connectivity index (χ4n) is 2.53. The van der Waals surface area contributed by atoms with Crippen molar-refractivity contribution in [2.75, 3.05) is 5.32 Å². The van der Waals surface area contributed by atoms with E-state index in [1.54, 1.807) is 18.2 Å². The summed E-state index contributed by atoms with van der Waals surface area (Å²) >= 11 is 0. The number of anilines is 2. The van der Waals surface area contributed by atoms with Gasteiger partial charge in [-0.1, -0.05) is 30.3 Å². The normalized spacial score (nSPS) is 10.5. The minimum absolute atomic E-state index is 0.378. The molecule has 0 aliphatic heterocycles. The second kappa shape index (κ2) is 6.43. The largest absolute Gasteiger partial charge is 0.344 e. The lowest BCUT2D eigenvalue weighted by molar-refractivity contribution is -0.401. The Bertz CT molecular complexity index is 1030. The molecule has 0 radical (unpaired) electrons. The first-order chi connectivity index (χ1) is 12.4. The number of nitrogens with one attached hydrogen (secondary N) is 1. The van der Waals surface area contributed by atoms with E-state index in [1.807, 2.05) is 24.3 Å². The molecule has 0 unspecified atom stereocenters. The summed E-state index contributed by atoms with van der Waals surface area (Å²) in [6.07, 6.45) is 0. The Hall–Kier alpha value is -4.08. The number of non-ortho nitro benzene ring substituents is 1. The van der Waals surface area contributed by atoms with Crippen LogP contribution in [0.5, 0.6) is 0 Å². The molecule has 0 atom stereocenters. The molecule has 3 aromatic rings. The van der Waals surface area contributed by atoms with Crippen LogP contribution in [-0.2, 0) is 0 Å². The van der Waals surface area contributed by atoms with Crippen LogP contribution in [0.25, 0.3) is 10.8 Å². The molecular formula is C16H10N4O6. The highest BCUT2D eigenvalue weighted by atomic mass is 16.6. The number of fused-ring (bicyclic) bond motifs is 1. The zero-order chi connectivity index (χ0) is 18.8. The van der Waals surface area contributed by atoms with Crippen molar-refractivity contribution < 1.29 is 14.8 Å². The molecule has 0 bridgehead atoms. The van der Waals surface area contributed by atoms with Gasteiger partial charge in [0.05, 0.1) is 26.9 Å². The van der Waals surface area contributed by atoms with E-state index in [-0.39, 0.29) is 0 Å². The minimum Gasteiger partial charge on any atom is -0.344 e. The molecule has 0 aromatic heterocycles. The number of nitro benzene ring substituents is 3. The predicted molar refractivity (Wildman–Crippen MR) is 93.6 cm³/mol. The van der Waals surface area contributed by atoms with E-state index in [9.17, 15) is 30.3 Å².